The van der Waals surface area contributed by atoms with Crippen LogP contribution >= 0.6 is 0 Å². The summed E-state index contributed by atoms with van der Waals surface area (Å²) < 4.78 is 39.7. The van der Waals surface area contributed by atoms with E-state index in [0.29, 0.717) is 24.2 Å². The first-order valence-electron chi connectivity index (χ1n) is 10.7. The predicted octanol–water partition coefficient (Wildman–Crippen LogP) is 4.79. The Kier molecular flexibility index (Phi) is 7.14. The number of pyridine rings is 1. The predicted molar refractivity (Wildman–Crippen MR) is 124 cm³/mol. The molecule has 0 bridgehead atoms. The van der Waals surface area contributed by atoms with E-state index in [4.69, 9.17) is 5.53 Å². The van der Waals surface area contributed by atoms with Gasteiger partial charge in [-0.2, -0.15) is 18.3 Å². The summed E-state index contributed by atoms with van der Waals surface area (Å²) in [6.45, 7) is -0.368. The lowest BCUT2D eigenvalue weighted by Gasteiger charge is -2.29. The first-order valence-corrected chi connectivity index (χ1v) is 10.7. The minimum atomic E-state index is -4.25. The van der Waals surface area contributed by atoms with Gasteiger partial charge in [0.15, 0.2) is 0 Å². The van der Waals surface area contributed by atoms with Crippen LogP contribution in [0.2, 0.25) is 0 Å². The molecule has 35 heavy (non-hydrogen) atoms. The van der Waals surface area contributed by atoms with Gasteiger partial charge < -0.3 is 5.32 Å². The zero-order valence-corrected chi connectivity index (χ0v) is 18.5. The van der Waals surface area contributed by atoms with Gasteiger partial charge in [0.25, 0.3) is 0 Å². The summed E-state index contributed by atoms with van der Waals surface area (Å²) in [7, 11) is 0. The van der Waals surface area contributed by atoms with Gasteiger partial charge >= 0.3 is 6.18 Å². The molecule has 9 nitrogen and oxygen atoms in total. The minimum Gasteiger partial charge on any atom is -0.323 e. The molecule has 3 aromatic rings. The zero-order chi connectivity index (χ0) is 24.8. The average molecular weight is 482 g/mol. The van der Waals surface area contributed by atoms with E-state index in [-0.39, 0.29) is 19.1 Å². The maximum Gasteiger partial charge on any atom is 0.401 e. The standard InChI is InChI=1S/C23H21F3N8O/c24-23(25,26)14-33-8-6-16-1-3-20(9-18(16)12-33)31-22(35)4-2-17-10-28-7-5-21(17)19-11-30-34(13-19)15-29-32-27/h1-5,7,9-11,13H,6,8,12,14-15H2,(H,31,35)/b4-2+. The second kappa shape index (κ2) is 10.4. The quantitative estimate of drug-likeness (QED) is 0.226. The molecule has 180 valence electrons. The van der Waals surface area contributed by atoms with E-state index in [0.717, 1.165) is 22.3 Å². The summed E-state index contributed by atoms with van der Waals surface area (Å²) in [6, 6.07) is 7.09. The fourth-order valence-electron chi connectivity index (χ4n) is 3.91. The van der Waals surface area contributed by atoms with Gasteiger partial charge in [-0.05, 0) is 52.9 Å². The molecule has 1 aliphatic heterocycles. The molecule has 0 spiro atoms. The first kappa shape index (κ1) is 24.0. The Bertz CT molecular complexity index is 1290. The largest absolute Gasteiger partial charge is 0.401 e. The molecule has 3 heterocycles. The number of anilines is 1. The third kappa shape index (κ3) is 6.46. The highest BCUT2D eigenvalue weighted by molar-refractivity contribution is 6.02. The van der Waals surface area contributed by atoms with E-state index in [2.05, 4.69) is 25.4 Å². The molecule has 0 unspecified atom stereocenters. The molecule has 4 rings (SSSR count). The SMILES string of the molecule is [N-]=[N+]=NCn1cc(-c2ccncc2/C=C/C(=O)Nc2ccc3c(c2)CN(CC(F)(F)F)CC3)cn1. The van der Waals surface area contributed by atoms with Crippen LogP contribution in [-0.2, 0) is 24.4 Å². The summed E-state index contributed by atoms with van der Waals surface area (Å²) >= 11 is 0. The van der Waals surface area contributed by atoms with Crippen molar-refractivity contribution < 1.29 is 18.0 Å². The number of aromatic nitrogens is 3. The van der Waals surface area contributed by atoms with Gasteiger partial charge in [0, 0.05) is 59.5 Å². The summed E-state index contributed by atoms with van der Waals surface area (Å²) in [5.74, 6) is -0.387. The van der Waals surface area contributed by atoms with Gasteiger partial charge in [0.2, 0.25) is 5.91 Å². The second-order valence-corrected chi connectivity index (χ2v) is 7.99. The van der Waals surface area contributed by atoms with Crippen molar-refractivity contribution in [2.75, 3.05) is 18.4 Å². The van der Waals surface area contributed by atoms with Crippen molar-refractivity contribution in [3.8, 4) is 11.1 Å². The van der Waals surface area contributed by atoms with E-state index < -0.39 is 12.7 Å². The third-order valence-corrected chi connectivity index (χ3v) is 5.45. The summed E-state index contributed by atoms with van der Waals surface area (Å²) in [5.41, 5.74) is 13.0. The zero-order valence-electron chi connectivity index (χ0n) is 18.5. The first-order chi connectivity index (χ1) is 16.8. The number of alkyl halides is 3. The Morgan fingerprint density at radius 2 is 2.11 bits per heavy atom. The average Bonchev–Trinajstić information content (AvgIpc) is 3.29. The summed E-state index contributed by atoms with van der Waals surface area (Å²) in [5, 5.41) is 10.4. The second-order valence-electron chi connectivity index (χ2n) is 7.99. The molecule has 0 aliphatic carbocycles. The lowest BCUT2D eigenvalue weighted by Crippen LogP contribution is -2.38. The fourth-order valence-corrected chi connectivity index (χ4v) is 3.91. The van der Waals surface area contributed by atoms with Crippen molar-refractivity contribution >= 4 is 17.7 Å². The number of rotatable bonds is 7. The number of hydrogen-bond donors (Lipinski definition) is 1. The number of halogens is 3. The van der Waals surface area contributed by atoms with Crippen molar-refractivity contribution in [1.29, 1.82) is 0 Å². The number of fused-ring (bicyclic) bond motifs is 1. The molecular weight excluding hydrogens is 461 g/mol. The number of amides is 1. The summed E-state index contributed by atoms with van der Waals surface area (Å²) in [6.07, 6.45) is 5.83. The van der Waals surface area contributed by atoms with E-state index in [1.165, 1.54) is 15.7 Å². The number of carbonyl (C=O) groups is 1. The molecule has 0 saturated carbocycles. The normalized spacial score (nSPS) is 13.9. The molecule has 0 saturated heterocycles. The van der Waals surface area contributed by atoms with Crippen LogP contribution in [0.1, 0.15) is 16.7 Å². The van der Waals surface area contributed by atoms with Gasteiger partial charge in [-0.15, -0.1) is 0 Å². The van der Waals surface area contributed by atoms with Crippen molar-refractivity contribution in [3.05, 3.63) is 82.3 Å². The Morgan fingerprint density at radius 1 is 1.26 bits per heavy atom. The topological polar surface area (TPSA) is 112 Å². The maximum atomic E-state index is 12.7. The number of benzene rings is 1. The minimum absolute atomic E-state index is 0.0594. The number of carbonyl (C=O) groups excluding carboxylic acids is 1. The Morgan fingerprint density at radius 3 is 2.91 bits per heavy atom. The number of azide groups is 1. The van der Waals surface area contributed by atoms with E-state index in [1.54, 1.807) is 49.1 Å². The van der Waals surface area contributed by atoms with Crippen molar-refractivity contribution in [2.45, 2.75) is 25.8 Å². The Hall–Kier alpha value is -4.15. The lowest BCUT2D eigenvalue weighted by atomic mass is 9.99. The fraction of sp³-hybridized carbons (Fsp3) is 0.261. The van der Waals surface area contributed by atoms with Crippen molar-refractivity contribution in [1.82, 2.24) is 19.7 Å². The molecule has 2 aromatic heterocycles. The molecule has 1 N–H and O–H groups in total. The van der Waals surface area contributed by atoms with Crippen LogP contribution in [0.15, 0.2) is 60.2 Å². The highest BCUT2D eigenvalue weighted by Crippen LogP contribution is 2.26. The molecule has 1 amide bonds. The molecule has 1 aliphatic rings. The molecule has 0 atom stereocenters. The number of hydrogen-bond acceptors (Lipinski definition) is 5. The van der Waals surface area contributed by atoms with Crippen LogP contribution in [0.25, 0.3) is 27.6 Å². The van der Waals surface area contributed by atoms with Crippen LogP contribution in [0.4, 0.5) is 18.9 Å². The van der Waals surface area contributed by atoms with Crippen molar-refractivity contribution in [2.24, 2.45) is 5.11 Å². The third-order valence-electron chi connectivity index (χ3n) is 5.45. The van der Waals surface area contributed by atoms with Gasteiger partial charge in [-0.25, -0.2) is 0 Å². The van der Waals surface area contributed by atoms with Gasteiger partial charge in [0.05, 0.1) is 12.7 Å². The molecule has 0 fully saturated rings. The molecule has 1 aromatic carbocycles. The lowest BCUT2D eigenvalue weighted by molar-refractivity contribution is -0.147. The maximum absolute atomic E-state index is 12.7. The van der Waals surface area contributed by atoms with Gasteiger partial charge in [-0.3, -0.25) is 19.4 Å². The highest BCUT2D eigenvalue weighted by Gasteiger charge is 2.32. The Labute approximate surface area is 198 Å². The number of nitrogens with one attached hydrogen (secondary N) is 1. The number of nitrogens with zero attached hydrogens (tertiary/aromatic N) is 7. The summed E-state index contributed by atoms with van der Waals surface area (Å²) in [4.78, 5) is 20.7. The van der Waals surface area contributed by atoms with Crippen LogP contribution in [0.3, 0.4) is 0 Å². The van der Waals surface area contributed by atoms with E-state index in [1.807, 2.05) is 6.07 Å². The van der Waals surface area contributed by atoms with Crippen LogP contribution in [0, 0.1) is 0 Å². The van der Waals surface area contributed by atoms with Gasteiger partial charge in [-0.1, -0.05) is 11.2 Å². The van der Waals surface area contributed by atoms with Crippen LogP contribution in [0.5, 0.6) is 0 Å². The highest BCUT2D eigenvalue weighted by atomic mass is 19.4. The molecule has 0 radical (unpaired) electrons. The van der Waals surface area contributed by atoms with Crippen molar-refractivity contribution in [3.63, 3.8) is 0 Å². The monoisotopic (exact) mass is 482 g/mol. The smallest absolute Gasteiger partial charge is 0.323 e. The van der Waals surface area contributed by atoms with Gasteiger partial charge in [0.1, 0.15) is 6.67 Å². The Balaban J connectivity index is 1.44. The van der Waals surface area contributed by atoms with E-state index in [9.17, 15) is 18.0 Å². The molecule has 12 heteroatoms. The molecular formula is C23H21F3N8O. The van der Waals surface area contributed by atoms with E-state index >= 15 is 0 Å². The van der Waals surface area contributed by atoms with Crippen LogP contribution < -0.4 is 5.32 Å². The van der Waals surface area contributed by atoms with Crippen LogP contribution in [-0.4, -0.2) is 44.8 Å².